The lowest BCUT2D eigenvalue weighted by molar-refractivity contribution is 0.415. The number of fused-ring (bicyclic) bond motifs is 1. The van der Waals surface area contributed by atoms with E-state index in [1.165, 1.54) is 35.6 Å². The predicted molar refractivity (Wildman–Crippen MR) is 89.0 cm³/mol. The van der Waals surface area contributed by atoms with Crippen molar-refractivity contribution >= 4 is 10.8 Å². The molecule has 1 aliphatic carbocycles. The molecule has 2 aromatic carbocycles. The average Bonchev–Trinajstić information content (AvgIpc) is 3.31. The Bertz CT molecular complexity index is 604. The van der Waals surface area contributed by atoms with Gasteiger partial charge in [0, 0.05) is 6.04 Å². The van der Waals surface area contributed by atoms with Crippen LogP contribution in [-0.4, -0.2) is 19.7 Å². The van der Waals surface area contributed by atoms with Crippen molar-refractivity contribution in [1.29, 1.82) is 0 Å². The van der Waals surface area contributed by atoms with Crippen molar-refractivity contribution in [2.75, 3.05) is 13.7 Å². The van der Waals surface area contributed by atoms with Gasteiger partial charge in [0.2, 0.25) is 0 Å². The fourth-order valence-corrected chi connectivity index (χ4v) is 3.17. The van der Waals surface area contributed by atoms with Gasteiger partial charge >= 0.3 is 0 Å². The fraction of sp³-hybridized carbons (Fsp3) is 0.474. The van der Waals surface area contributed by atoms with Crippen molar-refractivity contribution in [3.63, 3.8) is 0 Å². The third-order valence-corrected chi connectivity index (χ3v) is 4.45. The van der Waals surface area contributed by atoms with Crippen molar-refractivity contribution in [2.45, 2.75) is 38.6 Å². The predicted octanol–water partition coefficient (Wildman–Crippen LogP) is 4.17. The van der Waals surface area contributed by atoms with E-state index in [2.05, 4.69) is 42.6 Å². The van der Waals surface area contributed by atoms with E-state index in [0.29, 0.717) is 6.04 Å². The Morgan fingerprint density at radius 2 is 2.10 bits per heavy atom. The van der Waals surface area contributed by atoms with E-state index in [0.717, 1.165) is 24.6 Å². The van der Waals surface area contributed by atoms with Gasteiger partial charge in [0.05, 0.1) is 7.11 Å². The van der Waals surface area contributed by atoms with E-state index in [1.807, 2.05) is 6.07 Å². The molecule has 0 amide bonds. The zero-order valence-electron chi connectivity index (χ0n) is 13.1. The first-order chi connectivity index (χ1) is 10.3. The van der Waals surface area contributed by atoms with Crippen LogP contribution in [0, 0.1) is 5.92 Å². The summed E-state index contributed by atoms with van der Waals surface area (Å²) in [6, 6.07) is 13.6. The molecule has 0 spiro atoms. The molecule has 1 aliphatic rings. The summed E-state index contributed by atoms with van der Waals surface area (Å²) in [6.45, 7) is 3.25. The molecule has 0 aliphatic heterocycles. The van der Waals surface area contributed by atoms with Crippen molar-refractivity contribution in [2.24, 2.45) is 5.92 Å². The van der Waals surface area contributed by atoms with E-state index in [1.54, 1.807) is 7.11 Å². The molecule has 0 bridgehead atoms. The summed E-state index contributed by atoms with van der Waals surface area (Å²) < 4.78 is 5.39. The van der Waals surface area contributed by atoms with Gasteiger partial charge in [-0.3, -0.25) is 0 Å². The summed E-state index contributed by atoms with van der Waals surface area (Å²) in [5.74, 6) is 1.90. The van der Waals surface area contributed by atoms with E-state index in [-0.39, 0.29) is 0 Å². The number of benzene rings is 2. The van der Waals surface area contributed by atoms with Gasteiger partial charge < -0.3 is 10.1 Å². The summed E-state index contributed by atoms with van der Waals surface area (Å²) in [6.07, 6.45) is 5.26. The Kier molecular flexibility index (Phi) is 4.45. The van der Waals surface area contributed by atoms with Crippen molar-refractivity contribution < 1.29 is 4.74 Å². The van der Waals surface area contributed by atoms with Gasteiger partial charge in [-0.05, 0) is 53.8 Å². The number of hydrogen-bond acceptors (Lipinski definition) is 2. The molecule has 21 heavy (non-hydrogen) atoms. The maximum Gasteiger partial charge on any atom is 0.119 e. The molecule has 1 unspecified atom stereocenters. The van der Waals surface area contributed by atoms with E-state index in [4.69, 9.17) is 4.74 Å². The topological polar surface area (TPSA) is 21.3 Å². The Labute approximate surface area is 127 Å². The van der Waals surface area contributed by atoms with Crippen molar-refractivity contribution in [3.05, 3.63) is 42.0 Å². The normalized spacial score (nSPS) is 16.1. The van der Waals surface area contributed by atoms with Crippen LogP contribution in [0.25, 0.3) is 10.8 Å². The summed E-state index contributed by atoms with van der Waals surface area (Å²) in [5, 5.41) is 6.29. The van der Waals surface area contributed by atoms with Gasteiger partial charge in [-0.25, -0.2) is 0 Å². The Balaban J connectivity index is 1.86. The monoisotopic (exact) mass is 283 g/mol. The molecule has 2 nitrogen and oxygen atoms in total. The largest absolute Gasteiger partial charge is 0.497 e. The first-order valence-electron chi connectivity index (χ1n) is 8.09. The lowest BCUT2D eigenvalue weighted by Gasteiger charge is -2.19. The number of nitrogens with one attached hydrogen (secondary N) is 1. The minimum Gasteiger partial charge on any atom is -0.497 e. The van der Waals surface area contributed by atoms with Crippen LogP contribution in [0.1, 0.15) is 31.7 Å². The minimum absolute atomic E-state index is 0.597. The van der Waals surface area contributed by atoms with Crippen LogP contribution in [0.3, 0.4) is 0 Å². The number of ether oxygens (including phenoxy) is 1. The second kappa shape index (κ2) is 6.48. The number of rotatable bonds is 7. The highest BCUT2D eigenvalue weighted by Crippen LogP contribution is 2.34. The molecule has 3 rings (SSSR count). The van der Waals surface area contributed by atoms with Crippen LogP contribution >= 0.6 is 0 Å². The standard InChI is InChI=1S/C19H25NO/c1-3-20-17(11-14-7-8-14)12-16-6-4-5-15-9-10-18(21-2)13-19(15)16/h4-6,9-10,13-14,17,20H,3,7-8,11-12H2,1-2H3. The van der Waals surface area contributed by atoms with Crippen molar-refractivity contribution in [1.82, 2.24) is 5.32 Å². The zero-order valence-corrected chi connectivity index (χ0v) is 13.1. The number of hydrogen-bond donors (Lipinski definition) is 1. The van der Waals surface area contributed by atoms with Crippen LogP contribution in [0.15, 0.2) is 36.4 Å². The highest BCUT2D eigenvalue weighted by molar-refractivity contribution is 5.87. The van der Waals surface area contributed by atoms with Crippen molar-refractivity contribution in [3.8, 4) is 5.75 Å². The van der Waals surface area contributed by atoms with E-state index in [9.17, 15) is 0 Å². The Morgan fingerprint density at radius 3 is 2.81 bits per heavy atom. The molecule has 1 N–H and O–H groups in total. The van der Waals surface area contributed by atoms with Gasteiger partial charge in [0.25, 0.3) is 0 Å². The third kappa shape index (κ3) is 3.56. The lowest BCUT2D eigenvalue weighted by atomic mass is 9.96. The molecule has 0 aromatic heterocycles. The molecule has 1 atom stereocenters. The van der Waals surface area contributed by atoms with Crippen LogP contribution < -0.4 is 10.1 Å². The van der Waals surface area contributed by atoms with Gasteiger partial charge in [0.1, 0.15) is 5.75 Å². The molecule has 2 aromatic rings. The van der Waals surface area contributed by atoms with Crippen LogP contribution in [-0.2, 0) is 6.42 Å². The first kappa shape index (κ1) is 14.4. The minimum atomic E-state index is 0.597. The zero-order chi connectivity index (χ0) is 14.7. The maximum atomic E-state index is 5.39. The number of methoxy groups -OCH3 is 1. The molecule has 1 saturated carbocycles. The van der Waals surface area contributed by atoms with E-state index < -0.39 is 0 Å². The van der Waals surface area contributed by atoms with Gasteiger partial charge in [-0.2, -0.15) is 0 Å². The maximum absolute atomic E-state index is 5.39. The summed E-state index contributed by atoms with van der Waals surface area (Å²) >= 11 is 0. The fourth-order valence-electron chi connectivity index (χ4n) is 3.17. The molecule has 2 heteroatoms. The molecule has 1 fully saturated rings. The molecule has 0 radical (unpaired) electrons. The summed E-state index contributed by atoms with van der Waals surface area (Å²) in [5.41, 5.74) is 1.43. The summed E-state index contributed by atoms with van der Waals surface area (Å²) in [7, 11) is 1.73. The van der Waals surface area contributed by atoms with Gasteiger partial charge in [-0.1, -0.05) is 44.0 Å². The quantitative estimate of drug-likeness (QED) is 0.823. The smallest absolute Gasteiger partial charge is 0.119 e. The summed E-state index contributed by atoms with van der Waals surface area (Å²) in [4.78, 5) is 0. The number of likely N-dealkylation sites (N-methyl/N-ethyl adjacent to an activating group) is 1. The van der Waals surface area contributed by atoms with Crippen LogP contribution in [0.2, 0.25) is 0 Å². The van der Waals surface area contributed by atoms with Gasteiger partial charge in [-0.15, -0.1) is 0 Å². The highest BCUT2D eigenvalue weighted by atomic mass is 16.5. The Hall–Kier alpha value is -1.54. The Morgan fingerprint density at radius 1 is 1.24 bits per heavy atom. The third-order valence-electron chi connectivity index (χ3n) is 4.45. The molecule has 0 saturated heterocycles. The molecular formula is C19H25NO. The molecule has 0 heterocycles. The van der Waals surface area contributed by atoms with Crippen LogP contribution in [0.5, 0.6) is 5.75 Å². The van der Waals surface area contributed by atoms with Crippen LogP contribution in [0.4, 0.5) is 0 Å². The molecule has 112 valence electrons. The average molecular weight is 283 g/mol. The second-order valence-electron chi connectivity index (χ2n) is 6.14. The first-order valence-corrected chi connectivity index (χ1v) is 8.09. The second-order valence-corrected chi connectivity index (χ2v) is 6.14. The highest BCUT2D eigenvalue weighted by Gasteiger charge is 2.25. The van der Waals surface area contributed by atoms with E-state index >= 15 is 0 Å². The lowest BCUT2D eigenvalue weighted by Crippen LogP contribution is -2.31. The molecular weight excluding hydrogens is 258 g/mol. The van der Waals surface area contributed by atoms with Gasteiger partial charge in [0.15, 0.2) is 0 Å². The SMILES string of the molecule is CCNC(Cc1cccc2ccc(OC)cc12)CC1CC1.